The minimum absolute atomic E-state index is 0.261. The molecule has 1 fully saturated rings. The van der Waals surface area contributed by atoms with E-state index in [-0.39, 0.29) is 6.61 Å². The fraction of sp³-hybridized carbons (Fsp3) is 0.950. The SMILES string of the molecule is CCCC(CCO)CN=C(NCC)NCCCCN1CCN(CC)CC1. The molecule has 0 bridgehead atoms. The standard InChI is InChI=1S/C20H43N5O/c1-4-9-19(10-17-26)18-23-20(21-5-2)22-11-7-8-12-25-15-13-24(6-3)14-16-25/h19,26H,4-18H2,1-3H3,(H2,21,22,23). The van der Waals surface area contributed by atoms with E-state index in [1.165, 1.54) is 52.1 Å². The number of hydrogen-bond donors (Lipinski definition) is 3. The van der Waals surface area contributed by atoms with Crippen molar-refractivity contribution in [3.05, 3.63) is 0 Å². The quantitative estimate of drug-likeness (QED) is 0.262. The number of hydrogen-bond acceptors (Lipinski definition) is 4. The van der Waals surface area contributed by atoms with Crippen LogP contribution in [0.15, 0.2) is 4.99 Å². The summed E-state index contributed by atoms with van der Waals surface area (Å²) in [5.74, 6) is 1.41. The lowest BCUT2D eigenvalue weighted by Crippen LogP contribution is -2.46. The van der Waals surface area contributed by atoms with Gasteiger partial charge in [0.25, 0.3) is 0 Å². The first-order valence-corrected chi connectivity index (χ1v) is 10.8. The van der Waals surface area contributed by atoms with E-state index in [1.54, 1.807) is 0 Å². The van der Waals surface area contributed by atoms with Gasteiger partial charge in [-0.3, -0.25) is 4.99 Å². The molecule has 0 aromatic heterocycles. The van der Waals surface area contributed by atoms with E-state index in [0.717, 1.165) is 44.9 Å². The molecule has 0 aliphatic carbocycles. The zero-order valence-corrected chi connectivity index (χ0v) is 17.5. The summed E-state index contributed by atoms with van der Waals surface area (Å²) in [6.07, 6.45) is 5.54. The monoisotopic (exact) mass is 369 g/mol. The topological polar surface area (TPSA) is 63.1 Å². The van der Waals surface area contributed by atoms with Crippen LogP contribution in [0.1, 0.15) is 52.9 Å². The molecule has 1 heterocycles. The van der Waals surface area contributed by atoms with Crippen molar-refractivity contribution in [3.8, 4) is 0 Å². The lowest BCUT2D eigenvalue weighted by molar-refractivity contribution is 0.136. The molecule has 1 atom stereocenters. The first-order chi connectivity index (χ1) is 12.7. The van der Waals surface area contributed by atoms with E-state index in [4.69, 9.17) is 4.99 Å². The number of aliphatic hydroxyl groups is 1. The van der Waals surface area contributed by atoms with Crippen LogP contribution >= 0.6 is 0 Å². The molecule has 3 N–H and O–H groups in total. The van der Waals surface area contributed by atoms with Gasteiger partial charge in [-0.15, -0.1) is 0 Å². The molecular weight excluding hydrogens is 326 g/mol. The Morgan fingerprint density at radius 2 is 1.73 bits per heavy atom. The van der Waals surface area contributed by atoms with Gasteiger partial charge in [0.2, 0.25) is 0 Å². The Morgan fingerprint density at radius 1 is 1.00 bits per heavy atom. The largest absolute Gasteiger partial charge is 0.396 e. The van der Waals surface area contributed by atoms with Gasteiger partial charge in [0.05, 0.1) is 0 Å². The van der Waals surface area contributed by atoms with Gasteiger partial charge in [0, 0.05) is 52.4 Å². The van der Waals surface area contributed by atoms with Crippen LogP contribution in [0.4, 0.5) is 0 Å². The van der Waals surface area contributed by atoms with Gasteiger partial charge in [0.1, 0.15) is 0 Å². The van der Waals surface area contributed by atoms with Crippen molar-refractivity contribution in [1.82, 2.24) is 20.4 Å². The number of rotatable bonds is 13. The molecular formula is C20H43N5O. The number of likely N-dealkylation sites (N-methyl/N-ethyl adjacent to an activating group) is 1. The summed E-state index contributed by atoms with van der Waals surface area (Å²) in [6, 6.07) is 0. The van der Waals surface area contributed by atoms with Crippen LogP contribution in [0, 0.1) is 5.92 Å². The highest BCUT2D eigenvalue weighted by atomic mass is 16.3. The Labute approximate surface area is 161 Å². The summed E-state index contributed by atoms with van der Waals surface area (Å²) >= 11 is 0. The summed E-state index contributed by atoms with van der Waals surface area (Å²) in [5.41, 5.74) is 0. The van der Waals surface area contributed by atoms with Crippen molar-refractivity contribution in [3.63, 3.8) is 0 Å². The van der Waals surface area contributed by atoms with Crippen LogP contribution in [0.25, 0.3) is 0 Å². The van der Waals surface area contributed by atoms with Crippen LogP contribution < -0.4 is 10.6 Å². The Bertz CT molecular complexity index is 350. The molecule has 26 heavy (non-hydrogen) atoms. The third kappa shape index (κ3) is 10.3. The van der Waals surface area contributed by atoms with Crippen LogP contribution in [0.3, 0.4) is 0 Å². The van der Waals surface area contributed by atoms with Crippen LogP contribution in [0.5, 0.6) is 0 Å². The molecule has 1 unspecified atom stereocenters. The molecule has 1 aliphatic heterocycles. The average molecular weight is 370 g/mol. The summed E-state index contributed by atoms with van der Waals surface area (Å²) in [7, 11) is 0. The van der Waals surface area contributed by atoms with E-state index in [9.17, 15) is 5.11 Å². The summed E-state index contributed by atoms with van der Waals surface area (Å²) < 4.78 is 0. The number of nitrogens with zero attached hydrogens (tertiary/aromatic N) is 3. The normalized spacial score (nSPS) is 18.1. The minimum atomic E-state index is 0.261. The van der Waals surface area contributed by atoms with Crippen molar-refractivity contribution in [2.24, 2.45) is 10.9 Å². The molecule has 1 saturated heterocycles. The molecule has 0 saturated carbocycles. The maximum Gasteiger partial charge on any atom is 0.191 e. The summed E-state index contributed by atoms with van der Waals surface area (Å²) in [4.78, 5) is 9.84. The molecule has 0 aromatic rings. The average Bonchev–Trinajstić information content (AvgIpc) is 2.66. The molecule has 154 valence electrons. The van der Waals surface area contributed by atoms with Crippen LogP contribution in [-0.4, -0.2) is 86.4 Å². The summed E-state index contributed by atoms with van der Waals surface area (Å²) in [6.45, 7) is 16.7. The first-order valence-electron chi connectivity index (χ1n) is 10.8. The third-order valence-corrected chi connectivity index (χ3v) is 5.19. The zero-order chi connectivity index (χ0) is 19.0. The van der Waals surface area contributed by atoms with E-state index >= 15 is 0 Å². The molecule has 6 heteroatoms. The van der Waals surface area contributed by atoms with Gasteiger partial charge >= 0.3 is 0 Å². The lowest BCUT2D eigenvalue weighted by atomic mass is 10.0. The molecule has 0 spiro atoms. The van der Waals surface area contributed by atoms with Crippen molar-refractivity contribution < 1.29 is 5.11 Å². The number of unbranched alkanes of at least 4 members (excludes halogenated alkanes) is 1. The predicted octanol–water partition coefficient (Wildman–Crippen LogP) is 1.76. The number of guanidine groups is 1. The van der Waals surface area contributed by atoms with Gasteiger partial charge in [-0.2, -0.15) is 0 Å². The zero-order valence-electron chi connectivity index (χ0n) is 17.5. The fourth-order valence-electron chi connectivity index (χ4n) is 3.48. The number of nitrogens with one attached hydrogen (secondary N) is 2. The lowest BCUT2D eigenvalue weighted by Gasteiger charge is -2.34. The van der Waals surface area contributed by atoms with E-state index < -0.39 is 0 Å². The van der Waals surface area contributed by atoms with Crippen molar-refractivity contribution >= 4 is 5.96 Å². The fourth-order valence-corrected chi connectivity index (χ4v) is 3.48. The van der Waals surface area contributed by atoms with Crippen molar-refractivity contribution in [2.45, 2.75) is 52.9 Å². The molecule has 0 radical (unpaired) electrons. The second-order valence-corrected chi connectivity index (χ2v) is 7.30. The second kappa shape index (κ2) is 15.2. The number of piperazine rings is 1. The molecule has 1 rings (SSSR count). The molecule has 6 nitrogen and oxygen atoms in total. The highest BCUT2D eigenvalue weighted by molar-refractivity contribution is 5.79. The highest BCUT2D eigenvalue weighted by Crippen LogP contribution is 2.11. The molecule has 0 aromatic carbocycles. The number of aliphatic imine (C=N–C) groups is 1. The number of aliphatic hydroxyl groups excluding tert-OH is 1. The van der Waals surface area contributed by atoms with Crippen LogP contribution in [-0.2, 0) is 0 Å². The predicted molar refractivity (Wildman–Crippen MR) is 112 cm³/mol. The summed E-state index contributed by atoms with van der Waals surface area (Å²) in [5, 5.41) is 16.0. The van der Waals surface area contributed by atoms with Gasteiger partial charge in [-0.25, -0.2) is 0 Å². The maximum absolute atomic E-state index is 9.18. The maximum atomic E-state index is 9.18. The van der Waals surface area contributed by atoms with Gasteiger partial charge in [0.15, 0.2) is 5.96 Å². The Hall–Kier alpha value is -0.850. The van der Waals surface area contributed by atoms with E-state index in [1.807, 2.05) is 0 Å². The Balaban J connectivity index is 2.20. The minimum Gasteiger partial charge on any atom is -0.396 e. The van der Waals surface area contributed by atoms with Crippen molar-refractivity contribution in [2.75, 3.05) is 65.5 Å². The molecule has 0 amide bonds. The Morgan fingerprint density at radius 3 is 2.35 bits per heavy atom. The van der Waals surface area contributed by atoms with Crippen LogP contribution in [0.2, 0.25) is 0 Å². The van der Waals surface area contributed by atoms with Gasteiger partial charge < -0.3 is 25.5 Å². The smallest absolute Gasteiger partial charge is 0.191 e. The third-order valence-electron chi connectivity index (χ3n) is 5.19. The van der Waals surface area contributed by atoms with Crippen molar-refractivity contribution in [1.29, 1.82) is 0 Å². The van der Waals surface area contributed by atoms with E-state index in [2.05, 4.69) is 41.2 Å². The van der Waals surface area contributed by atoms with Gasteiger partial charge in [-0.05, 0) is 51.6 Å². The molecule has 1 aliphatic rings. The van der Waals surface area contributed by atoms with E-state index in [0.29, 0.717) is 5.92 Å². The van der Waals surface area contributed by atoms with Gasteiger partial charge in [-0.1, -0.05) is 20.3 Å². The Kier molecular flexibility index (Phi) is 13.6. The first kappa shape index (κ1) is 23.2. The highest BCUT2D eigenvalue weighted by Gasteiger charge is 2.14. The second-order valence-electron chi connectivity index (χ2n) is 7.30.